The van der Waals surface area contributed by atoms with Crippen LogP contribution in [0.15, 0.2) is 12.1 Å². The molecular weight excluding hydrogens is 430 g/mol. The molecule has 2 nitrogen and oxygen atoms in total. The van der Waals surface area contributed by atoms with E-state index in [0.29, 0.717) is 12.0 Å². The SMILES string of the molecule is CCCCCC(=O)c1cc(I)c(O)c(I)c1. The van der Waals surface area contributed by atoms with Crippen molar-refractivity contribution in [3.63, 3.8) is 0 Å². The molecule has 1 aromatic rings. The zero-order chi connectivity index (χ0) is 12.1. The van der Waals surface area contributed by atoms with Gasteiger partial charge in [0.1, 0.15) is 5.75 Å². The summed E-state index contributed by atoms with van der Waals surface area (Å²) in [4.78, 5) is 11.8. The predicted molar refractivity (Wildman–Crippen MR) is 82.0 cm³/mol. The van der Waals surface area contributed by atoms with Crippen molar-refractivity contribution in [3.05, 3.63) is 24.8 Å². The summed E-state index contributed by atoms with van der Waals surface area (Å²) in [7, 11) is 0. The molecule has 0 aliphatic rings. The number of halogens is 2. The Morgan fingerprint density at radius 2 is 1.81 bits per heavy atom. The van der Waals surface area contributed by atoms with Gasteiger partial charge in [-0.1, -0.05) is 19.8 Å². The lowest BCUT2D eigenvalue weighted by Crippen LogP contribution is -2.00. The van der Waals surface area contributed by atoms with Crippen molar-refractivity contribution in [2.75, 3.05) is 0 Å². The minimum atomic E-state index is 0.171. The number of hydrogen-bond acceptors (Lipinski definition) is 2. The van der Waals surface area contributed by atoms with Gasteiger partial charge >= 0.3 is 0 Å². The smallest absolute Gasteiger partial charge is 0.162 e. The van der Waals surface area contributed by atoms with Gasteiger partial charge in [0, 0.05) is 12.0 Å². The fourth-order valence-electron chi connectivity index (χ4n) is 1.41. The summed E-state index contributed by atoms with van der Waals surface area (Å²) < 4.78 is 1.48. The highest BCUT2D eigenvalue weighted by Gasteiger charge is 2.11. The van der Waals surface area contributed by atoms with Crippen molar-refractivity contribution < 1.29 is 9.90 Å². The molecule has 0 amide bonds. The van der Waals surface area contributed by atoms with E-state index in [0.717, 1.165) is 26.4 Å². The topological polar surface area (TPSA) is 37.3 Å². The number of phenols is 1. The third-order valence-electron chi connectivity index (χ3n) is 2.35. The molecule has 0 fully saturated rings. The summed E-state index contributed by atoms with van der Waals surface area (Å²) in [5.74, 6) is 0.440. The summed E-state index contributed by atoms with van der Waals surface area (Å²) in [6.07, 6.45) is 3.77. The second-order valence-electron chi connectivity index (χ2n) is 3.67. The number of Topliss-reactive ketones (excluding diaryl/α,β-unsaturated/α-hetero) is 1. The highest BCUT2D eigenvalue weighted by molar-refractivity contribution is 14.1. The van der Waals surface area contributed by atoms with Crippen LogP contribution in [-0.4, -0.2) is 10.9 Å². The van der Waals surface area contributed by atoms with Gasteiger partial charge in [-0.15, -0.1) is 0 Å². The fraction of sp³-hybridized carbons (Fsp3) is 0.417. The maximum absolute atomic E-state index is 11.8. The molecule has 16 heavy (non-hydrogen) atoms. The third-order valence-corrected chi connectivity index (χ3v) is 3.99. The van der Waals surface area contributed by atoms with Crippen LogP contribution in [0.4, 0.5) is 0 Å². The largest absolute Gasteiger partial charge is 0.506 e. The van der Waals surface area contributed by atoms with Crippen LogP contribution >= 0.6 is 45.2 Å². The summed E-state index contributed by atoms with van der Waals surface area (Å²) in [6, 6.07) is 3.51. The molecule has 0 saturated heterocycles. The average Bonchev–Trinajstić information content (AvgIpc) is 2.25. The highest BCUT2D eigenvalue weighted by Crippen LogP contribution is 2.28. The van der Waals surface area contributed by atoms with E-state index in [9.17, 15) is 9.90 Å². The van der Waals surface area contributed by atoms with E-state index in [1.165, 1.54) is 0 Å². The number of rotatable bonds is 5. The first-order valence-electron chi connectivity index (χ1n) is 5.27. The molecule has 1 rings (SSSR count). The Labute approximate surface area is 123 Å². The second kappa shape index (κ2) is 6.78. The van der Waals surface area contributed by atoms with Crippen LogP contribution in [0.2, 0.25) is 0 Å². The van der Waals surface area contributed by atoms with Crippen LogP contribution in [0.3, 0.4) is 0 Å². The standard InChI is InChI=1S/C12H14I2O2/c1-2-3-4-5-11(15)8-6-9(13)12(16)10(14)7-8/h6-7,16H,2-5H2,1H3. The van der Waals surface area contributed by atoms with Gasteiger partial charge in [-0.3, -0.25) is 4.79 Å². The molecule has 1 N–H and O–H groups in total. The molecule has 0 aliphatic heterocycles. The lowest BCUT2D eigenvalue weighted by Gasteiger charge is -2.05. The van der Waals surface area contributed by atoms with E-state index >= 15 is 0 Å². The van der Waals surface area contributed by atoms with Gasteiger partial charge in [0.25, 0.3) is 0 Å². The van der Waals surface area contributed by atoms with Gasteiger partial charge in [0.15, 0.2) is 5.78 Å². The van der Waals surface area contributed by atoms with Gasteiger partial charge in [0.05, 0.1) is 7.14 Å². The number of hydrogen-bond donors (Lipinski definition) is 1. The first kappa shape index (κ1) is 14.2. The van der Waals surface area contributed by atoms with Crippen LogP contribution in [0.1, 0.15) is 43.0 Å². The zero-order valence-corrected chi connectivity index (χ0v) is 13.4. The monoisotopic (exact) mass is 444 g/mol. The van der Waals surface area contributed by atoms with E-state index in [1.807, 2.05) is 45.2 Å². The maximum atomic E-state index is 11.8. The predicted octanol–water partition coefficient (Wildman–Crippen LogP) is 4.36. The fourth-order valence-corrected chi connectivity index (χ4v) is 3.17. The van der Waals surface area contributed by atoms with Crippen LogP contribution in [0.25, 0.3) is 0 Å². The molecule has 88 valence electrons. The lowest BCUT2D eigenvalue weighted by atomic mass is 10.0. The number of carbonyl (C=O) groups excluding carboxylic acids is 1. The van der Waals surface area contributed by atoms with Gasteiger partial charge in [0.2, 0.25) is 0 Å². The van der Waals surface area contributed by atoms with E-state index in [1.54, 1.807) is 12.1 Å². The van der Waals surface area contributed by atoms with Crippen molar-refractivity contribution in [1.82, 2.24) is 0 Å². The molecular formula is C12H14I2O2. The number of ketones is 1. The van der Waals surface area contributed by atoms with Crippen molar-refractivity contribution in [2.45, 2.75) is 32.6 Å². The van der Waals surface area contributed by atoms with Crippen molar-refractivity contribution >= 4 is 51.0 Å². The normalized spacial score (nSPS) is 10.4. The number of aromatic hydroxyl groups is 1. The zero-order valence-electron chi connectivity index (χ0n) is 9.09. The lowest BCUT2D eigenvalue weighted by molar-refractivity contribution is 0.0979. The van der Waals surface area contributed by atoms with Crippen molar-refractivity contribution in [1.29, 1.82) is 0 Å². The molecule has 0 atom stereocenters. The van der Waals surface area contributed by atoms with E-state index in [2.05, 4.69) is 6.92 Å². The van der Waals surface area contributed by atoms with Crippen LogP contribution in [-0.2, 0) is 0 Å². The Morgan fingerprint density at radius 1 is 1.25 bits per heavy atom. The summed E-state index contributed by atoms with van der Waals surface area (Å²) >= 11 is 4.09. The summed E-state index contributed by atoms with van der Waals surface area (Å²) in [5, 5.41) is 9.60. The van der Waals surface area contributed by atoms with Gasteiger partial charge in [-0.05, 0) is 63.7 Å². The molecule has 0 aliphatic carbocycles. The molecule has 0 aromatic heterocycles. The minimum absolute atomic E-state index is 0.171. The minimum Gasteiger partial charge on any atom is -0.506 e. The second-order valence-corrected chi connectivity index (χ2v) is 5.99. The Morgan fingerprint density at radius 3 is 2.31 bits per heavy atom. The molecule has 0 radical (unpaired) electrons. The first-order chi connectivity index (χ1) is 7.56. The Bertz CT molecular complexity index is 366. The average molecular weight is 444 g/mol. The van der Waals surface area contributed by atoms with E-state index in [4.69, 9.17) is 0 Å². The van der Waals surface area contributed by atoms with Crippen LogP contribution in [0.5, 0.6) is 5.75 Å². The third kappa shape index (κ3) is 3.87. The van der Waals surface area contributed by atoms with E-state index in [-0.39, 0.29) is 11.5 Å². The first-order valence-corrected chi connectivity index (χ1v) is 7.43. The Hall–Kier alpha value is 0.150. The summed E-state index contributed by atoms with van der Waals surface area (Å²) in [5.41, 5.74) is 0.711. The number of benzene rings is 1. The van der Waals surface area contributed by atoms with E-state index < -0.39 is 0 Å². The molecule has 0 heterocycles. The molecule has 1 aromatic carbocycles. The van der Waals surface area contributed by atoms with Crippen LogP contribution < -0.4 is 0 Å². The Balaban J connectivity index is 2.76. The molecule has 0 bridgehead atoms. The molecule has 0 saturated carbocycles. The Kier molecular flexibility index (Phi) is 6.02. The van der Waals surface area contributed by atoms with Gasteiger partial charge < -0.3 is 5.11 Å². The highest BCUT2D eigenvalue weighted by atomic mass is 127. The van der Waals surface area contributed by atoms with Gasteiger partial charge in [-0.2, -0.15) is 0 Å². The van der Waals surface area contributed by atoms with Crippen molar-refractivity contribution in [2.24, 2.45) is 0 Å². The van der Waals surface area contributed by atoms with Gasteiger partial charge in [-0.25, -0.2) is 0 Å². The number of unbranched alkanes of at least 4 members (excludes halogenated alkanes) is 2. The quantitative estimate of drug-likeness (QED) is 0.417. The van der Waals surface area contributed by atoms with Crippen LogP contribution in [0, 0.1) is 7.14 Å². The molecule has 0 unspecified atom stereocenters. The maximum Gasteiger partial charge on any atom is 0.162 e. The molecule has 4 heteroatoms. The number of carbonyl (C=O) groups is 1. The number of phenolic OH excluding ortho intramolecular Hbond substituents is 1. The summed E-state index contributed by atoms with van der Waals surface area (Å²) in [6.45, 7) is 2.12. The molecule has 0 spiro atoms. The van der Waals surface area contributed by atoms with Crippen molar-refractivity contribution in [3.8, 4) is 5.75 Å².